The number of anilines is 4. The van der Waals surface area contributed by atoms with E-state index in [9.17, 15) is 32.1 Å². The lowest BCUT2D eigenvalue weighted by atomic mass is 9.59. The largest absolute Gasteiger partial charge is 0.491 e. The van der Waals surface area contributed by atoms with Crippen LogP contribution in [-0.2, 0) is 26.0 Å². The van der Waals surface area contributed by atoms with E-state index in [2.05, 4.69) is 41.9 Å². The van der Waals surface area contributed by atoms with E-state index in [0.717, 1.165) is 98.7 Å². The van der Waals surface area contributed by atoms with Crippen molar-refractivity contribution >= 4 is 55.4 Å². The van der Waals surface area contributed by atoms with Gasteiger partial charge in [-0.1, -0.05) is 24.3 Å². The molecular formula is C60H67F2N9O10S. The minimum atomic E-state index is -4.74. The highest BCUT2D eigenvalue weighted by molar-refractivity contribution is 7.90. The normalized spacial score (nSPS) is 23.2. The first kappa shape index (κ1) is 54.2. The Morgan fingerprint density at radius 2 is 1.72 bits per heavy atom. The van der Waals surface area contributed by atoms with Gasteiger partial charge >= 0.3 is 0 Å². The number of nitrogens with one attached hydrogen (secondary N) is 3. The van der Waals surface area contributed by atoms with Crippen LogP contribution in [0.15, 0.2) is 96.0 Å². The SMILES string of the molecule is CC(C)Oc1ccccc1[C@@H]1CN(Cc2ccc(F)c(F)c2)CCN1C1CC2(CCN(c3ccc(C(=O)NS(=O)(=O)c4cc5c(c([N+](=O)[O-])c4)N[C@H](C4CCOCC4)CO5)c(N4c5cc6cc[nH]c6nc5O[C@H]5CCOC[C@@H]54)c3)CC2)C1. The van der Waals surface area contributed by atoms with Crippen LogP contribution in [0.3, 0.4) is 0 Å². The molecule has 5 fully saturated rings. The number of halogens is 2. The fourth-order valence-electron chi connectivity index (χ4n) is 13.7. The molecule has 0 radical (unpaired) electrons. The molecule has 4 aromatic carbocycles. The first-order valence-electron chi connectivity index (χ1n) is 28.6. The number of sulfonamides is 1. The van der Waals surface area contributed by atoms with Crippen molar-refractivity contribution in [3.8, 4) is 17.4 Å². The van der Waals surface area contributed by atoms with E-state index in [-0.39, 0.29) is 65.8 Å². The number of para-hydroxylation sites is 1. The number of rotatable bonds is 13. The number of piperazine rings is 1. The molecule has 0 unspecified atom stereocenters. The van der Waals surface area contributed by atoms with Crippen molar-refractivity contribution in [1.29, 1.82) is 0 Å². The average Bonchev–Trinajstić information content (AvgIpc) is 3.06. The van der Waals surface area contributed by atoms with Crippen LogP contribution in [0.1, 0.15) is 86.3 Å². The quantitative estimate of drug-likeness (QED) is 0.0728. The molecular weight excluding hydrogens is 1080 g/mol. The first-order chi connectivity index (χ1) is 39.7. The number of nitro groups is 1. The third kappa shape index (κ3) is 10.4. The number of carbonyl (C=O) groups excluding carboxylic acids is 1. The van der Waals surface area contributed by atoms with Gasteiger partial charge in [-0.3, -0.25) is 24.7 Å². The zero-order chi connectivity index (χ0) is 56.4. The first-order valence-corrected chi connectivity index (χ1v) is 30.1. The number of ether oxygens (including phenoxy) is 5. The van der Waals surface area contributed by atoms with Crippen LogP contribution in [0.2, 0.25) is 0 Å². The van der Waals surface area contributed by atoms with E-state index in [1.165, 1.54) is 18.2 Å². The molecule has 8 heterocycles. The van der Waals surface area contributed by atoms with Crippen molar-refractivity contribution in [2.75, 3.05) is 80.9 Å². The third-order valence-corrected chi connectivity index (χ3v) is 19.3. The second kappa shape index (κ2) is 21.9. The summed E-state index contributed by atoms with van der Waals surface area (Å²) in [5, 5.41) is 16.7. The molecule has 3 N–H and O–H groups in total. The minimum Gasteiger partial charge on any atom is -0.491 e. The molecule has 19 nitrogen and oxygen atoms in total. The van der Waals surface area contributed by atoms with E-state index >= 15 is 0 Å². The molecule has 82 heavy (non-hydrogen) atoms. The van der Waals surface area contributed by atoms with Crippen molar-refractivity contribution in [3.05, 3.63) is 130 Å². The Morgan fingerprint density at radius 1 is 0.915 bits per heavy atom. The van der Waals surface area contributed by atoms with Crippen molar-refractivity contribution in [2.45, 2.75) is 107 Å². The third-order valence-electron chi connectivity index (χ3n) is 18.0. The Hall–Kier alpha value is -7.11. The molecule has 4 atom stereocenters. The van der Waals surface area contributed by atoms with Gasteiger partial charge in [0, 0.05) is 99.9 Å². The summed E-state index contributed by atoms with van der Waals surface area (Å²) in [7, 11) is -4.74. The number of fused-ring (bicyclic) bond motifs is 4. The second-order valence-corrected chi connectivity index (χ2v) is 25.1. The number of pyridine rings is 1. The molecule has 1 saturated carbocycles. The summed E-state index contributed by atoms with van der Waals surface area (Å²) >= 11 is 0. The van der Waals surface area contributed by atoms with Gasteiger partial charge in [-0.05, 0) is 118 Å². The lowest BCUT2D eigenvalue weighted by Gasteiger charge is -2.58. The van der Waals surface area contributed by atoms with E-state index < -0.39 is 49.1 Å². The highest BCUT2D eigenvalue weighted by Crippen LogP contribution is 2.54. The molecule has 6 aliphatic heterocycles. The van der Waals surface area contributed by atoms with Gasteiger partial charge < -0.3 is 43.8 Å². The highest BCUT2D eigenvalue weighted by Gasteiger charge is 2.51. The molecule has 2 aromatic heterocycles. The maximum atomic E-state index is 14.9. The van der Waals surface area contributed by atoms with Crippen molar-refractivity contribution < 1.29 is 50.6 Å². The predicted octanol–water partition coefficient (Wildman–Crippen LogP) is 9.25. The number of aromatic amines is 1. The molecule has 13 rings (SSSR count). The maximum absolute atomic E-state index is 14.9. The lowest BCUT2D eigenvalue weighted by Crippen LogP contribution is -2.59. The van der Waals surface area contributed by atoms with Gasteiger partial charge in [0.05, 0.1) is 58.5 Å². The molecule has 0 bridgehead atoms. The molecule has 432 valence electrons. The Labute approximate surface area is 474 Å². The number of carbonyl (C=O) groups is 1. The Morgan fingerprint density at radius 3 is 2.51 bits per heavy atom. The van der Waals surface area contributed by atoms with E-state index in [1.807, 2.05) is 55.1 Å². The Kier molecular flexibility index (Phi) is 14.5. The molecule has 22 heteroatoms. The summed E-state index contributed by atoms with van der Waals surface area (Å²) in [5.41, 5.74) is 4.11. The average molecular weight is 1140 g/mol. The summed E-state index contributed by atoms with van der Waals surface area (Å²) in [6.07, 6.45) is 7.36. The molecule has 1 aliphatic carbocycles. The van der Waals surface area contributed by atoms with E-state index in [0.29, 0.717) is 68.3 Å². The van der Waals surface area contributed by atoms with Gasteiger partial charge in [0.1, 0.15) is 29.8 Å². The topological polar surface area (TPSA) is 206 Å². The van der Waals surface area contributed by atoms with Crippen molar-refractivity contribution in [2.24, 2.45) is 11.3 Å². The van der Waals surface area contributed by atoms with Crippen LogP contribution < -0.4 is 34.0 Å². The molecule has 1 amide bonds. The number of hydrogen-bond donors (Lipinski definition) is 3. The number of nitro benzene ring substituents is 1. The van der Waals surface area contributed by atoms with Crippen molar-refractivity contribution in [3.63, 3.8) is 0 Å². The number of nitrogens with zero attached hydrogens (tertiary/aromatic N) is 6. The summed E-state index contributed by atoms with van der Waals surface area (Å²) in [6.45, 7) is 10.4. The monoisotopic (exact) mass is 1140 g/mol. The lowest BCUT2D eigenvalue weighted by molar-refractivity contribution is -0.384. The van der Waals surface area contributed by atoms with Gasteiger partial charge in [-0.25, -0.2) is 21.9 Å². The fourth-order valence-corrected chi connectivity index (χ4v) is 14.7. The van der Waals surface area contributed by atoms with Crippen LogP contribution in [0.4, 0.5) is 37.2 Å². The predicted molar refractivity (Wildman–Crippen MR) is 303 cm³/mol. The zero-order valence-electron chi connectivity index (χ0n) is 45.9. The molecule has 4 saturated heterocycles. The summed E-state index contributed by atoms with van der Waals surface area (Å²) in [4.78, 5) is 43.7. The van der Waals surface area contributed by atoms with E-state index in [1.54, 1.807) is 18.3 Å². The van der Waals surface area contributed by atoms with Gasteiger partial charge in [-0.2, -0.15) is 4.98 Å². The van der Waals surface area contributed by atoms with E-state index in [4.69, 9.17) is 28.7 Å². The maximum Gasteiger partial charge on any atom is 0.297 e. The van der Waals surface area contributed by atoms with Gasteiger partial charge in [0.2, 0.25) is 5.88 Å². The van der Waals surface area contributed by atoms with Crippen LogP contribution in [0.5, 0.6) is 17.4 Å². The minimum absolute atomic E-state index is 0.00706. The van der Waals surface area contributed by atoms with Gasteiger partial charge in [0.15, 0.2) is 23.1 Å². The van der Waals surface area contributed by atoms with Crippen LogP contribution in [0, 0.1) is 33.1 Å². The highest BCUT2D eigenvalue weighted by atomic mass is 32.2. The standard InChI is InChI=1S/C60H67F2N9O10S/c1-36(2)80-53-6-4-3-5-43(53)51-33-67(32-37-7-10-45(61)46(62)25-37)20-21-69(51)41-30-60(31-41)15-18-68(19-16-60)40-8-9-44(48(27-40)70-50-26-39-11-17-63-57(39)65-59(50)81-54-14-24-78-35-52(54)70)58(72)66-82(75,76)42-28-49(71(73)74)56-55(29-42)79-34-47(64-56)38-12-22-77-23-13-38/h3-11,17,25-29,36,38,41,47,51-52,54,64H,12-16,18-24,30-35H2,1-2H3,(H,63,65)(H,66,72)/t47-,51-,52-,54-/m0/s1. The second-order valence-electron chi connectivity index (χ2n) is 23.4. The molecule has 1 spiro atoms. The number of piperidine rings is 1. The van der Waals surface area contributed by atoms with Crippen LogP contribution in [-0.4, -0.2) is 135 Å². The fraction of sp³-hybridized carbons (Fsp3) is 0.467. The Balaban J connectivity index is 0.773. The number of amides is 1. The number of benzene rings is 4. The smallest absolute Gasteiger partial charge is 0.297 e. The summed E-state index contributed by atoms with van der Waals surface area (Å²) in [6, 6.07) is 23.6. The Bertz CT molecular complexity index is 3530. The number of H-pyrrole nitrogens is 1. The van der Waals surface area contributed by atoms with Crippen LogP contribution in [0.25, 0.3) is 11.0 Å². The zero-order valence-corrected chi connectivity index (χ0v) is 46.7. The van der Waals surface area contributed by atoms with Gasteiger partial charge in [-0.15, -0.1) is 0 Å². The summed E-state index contributed by atoms with van der Waals surface area (Å²) < 4.78 is 90.1. The number of aromatic nitrogens is 2. The number of hydrogen-bond acceptors (Lipinski definition) is 16. The molecule has 6 aromatic rings. The summed E-state index contributed by atoms with van der Waals surface area (Å²) in [5.74, 6) is -1.27. The van der Waals surface area contributed by atoms with Gasteiger partial charge in [0.25, 0.3) is 21.6 Å². The van der Waals surface area contributed by atoms with Crippen molar-refractivity contribution in [1.82, 2.24) is 24.5 Å². The molecule has 7 aliphatic rings. The van der Waals surface area contributed by atoms with Crippen LogP contribution >= 0.6 is 0 Å².